The van der Waals surface area contributed by atoms with Crippen molar-refractivity contribution in [2.75, 3.05) is 6.26 Å². The summed E-state index contributed by atoms with van der Waals surface area (Å²) in [6, 6.07) is 14.8. The van der Waals surface area contributed by atoms with Gasteiger partial charge in [0.25, 0.3) is 5.89 Å². The van der Waals surface area contributed by atoms with E-state index in [0.29, 0.717) is 11.4 Å². The van der Waals surface area contributed by atoms with Crippen LogP contribution < -0.4 is 11.1 Å². The molecule has 172 valence electrons. The number of sulfone groups is 1. The lowest BCUT2D eigenvalue weighted by Gasteiger charge is -2.31. The van der Waals surface area contributed by atoms with Gasteiger partial charge in [0.1, 0.15) is 0 Å². The van der Waals surface area contributed by atoms with Crippen molar-refractivity contribution in [2.45, 2.75) is 37.4 Å². The van der Waals surface area contributed by atoms with E-state index in [9.17, 15) is 8.42 Å². The first kappa shape index (κ1) is 22.9. The molecule has 1 aliphatic heterocycles. The summed E-state index contributed by atoms with van der Waals surface area (Å²) in [6.07, 6.45) is 4.35. The molecule has 0 saturated carbocycles. The van der Waals surface area contributed by atoms with Gasteiger partial charge in [-0.25, -0.2) is 8.42 Å². The minimum Gasteiger partial charge on any atom is -0.357 e. The van der Waals surface area contributed by atoms with Crippen molar-refractivity contribution < 1.29 is 12.9 Å². The van der Waals surface area contributed by atoms with Crippen molar-refractivity contribution >= 4 is 21.6 Å². The number of hydrogen-bond donors (Lipinski definition) is 2. The number of rotatable bonds is 6. The van der Waals surface area contributed by atoms with E-state index in [1.165, 1.54) is 6.26 Å². The third-order valence-corrected chi connectivity index (χ3v) is 7.32. The van der Waals surface area contributed by atoms with Gasteiger partial charge in [0.05, 0.1) is 15.9 Å². The third kappa shape index (κ3) is 4.34. The van der Waals surface area contributed by atoms with E-state index >= 15 is 0 Å². The number of aliphatic imine (C=N–C) groups is 1. The number of nitrogens with one attached hydrogen (secondary N) is 1. The van der Waals surface area contributed by atoms with E-state index in [-0.39, 0.29) is 16.7 Å². The van der Waals surface area contributed by atoms with Crippen LogP contribution in [0.3, 0.4) is 0 Å². The second-order valence-electron chi connectivity index (χ2n) is 8.62. The average molecular weight is 466 g/mol. The highest BCUT2D eigenvalue weighted by Gasteiger charge is 2.38. The summed E-state index contributed by atoms with van der Waals surface area (Å²) in [7, 11) is -3.45. The molecular weight excluding hydrogens is 438 g/mol. The van der Waals surface area contributed by atoms with Crippen LogP contribution in [0.25, 0.3) is 17.0 Å². The van der Waals surface area contributed by atoms with Crippen LogP contribution in [0.2, 0.25) is 0 Å². The molecule has 9 heteroatoms. The SMILES string of the molecule is CC(C)C(C)(c1ccc(C2=CNC(N)N=C2)cc1)c1noc(-c2ccccc2S(C)(=O)=O)n1. The molecule has 1 aliphatic rings. The van der Waals surface area contributed by atoms with Gasteiger partial charge < -0.3 is 9.84 Å². The maximum absolute atomic E-state index is 12.2. The Hall–Kier alpha value is -3.30. The van der Waals surface area contributed by atoms with Gasteiger partial charge in [-0.15, -0.1) is 0 Å². The van der Waals surface area contributed by atoms with Gasteiger partial charge in [-0.1, -0.05) is 55.4 Å². The van der Waals surface area contributed by atoms with Crippen LogP contribution >= 0.6 is 0 Å². The first-order valence-electron chi connectivity index (χ1n) is 10.6. The number of benzene rings is 2. The molecule has 33 heavy (non-hydrogen) atoms. The van der Waals surface area contributed by atoms with Crippen LogP contribution in [0, 0.1) is 5.92 Å². The molecule has 4 rings (SSSR count). The van der Waals surface area contributed by atoms with Gasteiger partial charge in [-0.2, -0.15) is 4.98 Å². The molecule has 3 aromatic rings. The molecule has 2 atom stereocenters. The minimum atomic E-state index is -3.45. The summed E-state index contributed by atoms with van der Waals surface area (Å²) >= 11 is 0. The van der Waals surface area contributed by atoms with Crippen molar-refractivity contribution in [2.24, 2.45) is 16.6 Å². The maximum atomic E-state index is 12.2. The Morgan fingerprint density at radius 1 is 1.12 bits per heavy atom. The van der Waals surface area contributed by atoms with Crippen molar-refractivity contribution in [1.82, 2.24) is 15.5 Å². The van der Waals surface area contributed by atoms with Gasteiger partial charge in [0, 0.05) is 24.2 Å². The quantitative estimate of drug-likeness (QED) is 0.572. The van der Waals surface area contributed by atoms with Crippen molar-refractivity contribution in [3.63, 3.8) is 0 Å². The van der Waals surface area contributed by atoms with Crippen LogP contribution in [0.5, 0.6) is 0 Å². The van der Waals surface area contributed by atoms with Crippen LogP contribution in [0.1, 0.15) is 37.7 Å². The van der Waals surface area contributed by atoms with E-state index in [4.69, 9.17) is 10.3 Å². The zero-order chi connectivity index (χ0) is 23.8. The van der Waals surface area contributed by atoms with Crippen LogP contribution in [-0.2, 0) is 15.3 Å². The standard InChI is InChI=1S/C24H27N5O3S/c1-15(2)24(3,18-11-9-16(10-12-18)17-13-26-23(25)27-14-17)22-28-21(32-29-22)19-7-5-6-8-20(19)33(4,30)31/h5-15,23,26H,25H2,1-4H3. The van der Waals surface area contributed by atoms with Crippen molar-refractivity contribution in [1.29, 1.82) is 0 Å². The Morgan fingerprint density at radius 2 is 1.82 bits per heavy atom. The molecule has 2 heterocycles. The van der Waals surface area contributed by atoms with Crippen molar-refractivity contribution in [3.8, 4) is 11.5 Å². The zero-order valence-electron chi connectivity index (χ0n) is 19.0. The molecule has 0 aliphatic carbocycles. The molecule has 8 nitrogen and oxygen atoms in total. The monoisotopic (exact) mass is 465 g/mol. The lowest BCUT2D eigenvalue weighted by atomic mass is 9.72. The van der Waals surface area contributed by atoms with E-state index in [1.54, 1.807) is 30.5 Å². The molecule has 1 aromatic heterocycles. The molecule has 0 saturated heterocycles. The topological polar surface area (TPSA) is 123 Å². The van der Waals surface area contributed by atoms with Gasteiger partial charge in [-0.05, 0) is 36.1 Å². The lowest BCUT2D eigenvalue weighted by molar-refractivity contribution is 0.350. The number of hydrogen-bond acceptors (Lipinski definition) is 8. The number of aromatic nitrogens is 2. The Labute approximate surface area is 193 Å². The molecule has 0 fully saturated rings. The fourth-order valence-corrected chi connectivity index (χ4v) is 4.69. The van der Waals surface area contributed by atoms with E-state index in [1.807, 2.05) is 30.5 Å². The zero-order valence-corrected chi connectivity index (χ0v) is 19.8. The van der Waals surface area contributed by atoms with Gasteiger partial charge >= 0.3 is 0 Å². The van der Waals surface area contributed by atoms with E-state index in [2.05, 4.69) is 41.2 Å². The largest absolute Gasteiger partial charge is 0.357 e. The number of allylic oxidation sites excluding steroid dienone is 1. The fraction of sp³-hybridized carbons (Fsp3) is 0.292. The summed E-state index contributed by atoms with van der Waals surface area (Å²) in [5, 5.41) is 7.26. The predicted octanol–water partition coefficient (Wildman–Crippen LogP) is 3.36. The summed E-state index contributed by atoms with van der Waals surface area (Å²) in [4.78, 5) is 8.99. The van der Waals surface area contributed by atoms with E-state index in [0.717, 1.165) is 16.7 Å². The number of nitrogens with two attached hydrogens (primary N) is 1. The Bertz CT molecular complexity index is 1330. The highest BCUT2D eigenvalue weighted by Crippen LogP contribution is 2.39. The Morgan fingerprint density at radius 3 is 2.42 bits per heavy atom. The molecule has 0 radical (unpaired) electrons. The van der Waals surface area contributed by atoms with Gasteiger partial charge in [-0.3, -0.25) is 10.7 Å². The van der Waals surface area contributed by atoms with Gasteiger partial charge in [0.15, 0.2) is 22.0 Å². The lowest BCUT2D eigenvalue weighted by Crippen LogP contribution is -2.34. The highest BCUT2D eigenvalue weighted by molar-refractivity contribution is 7.90. The van der Waals surface area contributed by atoms with Crippen LogP contribution in [-0.4, -0.2) is 37.3 Å². The predicted molar refractivity (Wildman–Crippen MR) is 128 cm³/mol. The molecule has 0 amide bonds. The fourth-order valence-electron chi connectivity index (χ4n) is 3.81. The van der Waals surface area contributed by atoms with Crippen molar-refractivity contribution in [3.05, 3.63) is 71.7 Å². The molecule has 0 spiro atoms. The molecule has 2 aromatic carbocycles. The Kier molecular flexibility index (Phi) is 5.94. The first-order valence-corrected chi connectivity index (χ1v) is 12.5. The van der Waals surface area contributed by atoms with Crippen LogP contribution in [0.4, 0.5) is 0 Å². The van der Waals surface area contributed by atoms with Gasteiger partial charge in [0.2, 0.25) is 0 Å². The average Bonchev–Trinajstić information content (AvgIpc) is 3.29. The summed E-state index contributed by atoms with van der Waals surface area (Å²) in [5.41, 5.74) is 8.52. The molecule has 0 bridgehead atoms. The van der Waals surface area contributed by atoms with E-state index < -0.39 is 21.5 Å². The summed E-state index contributed by atoms with van der Waals surface area (Å²) in [6.45, 7) is 6.25. The molecule has 2 unspecified atom stereocenters. The number of nitrogens with zero attached hydrogens (tertiary/aromatic N) is 3. The maximum Gasteiger partial charge on any atom is 0.259 e. The molecule has 3 N–H and O–H groups in total. The minimum absolute atomic E-state index is 0.133. The Balaban J connectivity index is 1.72. The highest BCUT2D eigenvalue weighted by atomic mass is 32.2. The molecular formula is C24H27N5O3S. The normalized spacial score (nSPS) is 18.0. The smallest absolute Gasteiger partial charge is 0.259 e. The first-order chi connectivity index (χ1) is 15.6. The summed E-state index contributed by atoms with van der Waals surface area (Å²) < 4.78 is 30.0. The summed E-state index contributed by atoms with van der Waals surface area (Å²) in [5.74, 6) is 0.809. The third-order valence-electron chi connectivity index (χ3n) is 6.16. The van der Waals surface area contributed by atoms with Crippen LogP contribution in [0.15, 0.2) is 69.1 Å². The second-order valence-corrected chi connectivity index (χ2v) is 10.6. The second kappa shape index (κ2) is 8.57.